The lowest BCUT2D eigenvalue weighted by Crippen LogP contribution is -2.20. The summed E-state index contributed by atoms with van der Waals surface area (Å²) >= 11 is 3.53. The molecule has 0 saturated carbocycles. The van der Waals surface area contributed by atoms with Crippen molar-refractivity contribution in [1.29, 1.82) is 5.26 Å². The maximum Gasteiger partial charge on any atom is 0.244 e. The smallest absolute Gasteiger partial charge is 0.244 e. The molecule has 1 aliphatic heterocycles. The van der Waals surface area contributed by atoms with Crippen molar-refractivity contribution in [2.24, 2.45) is 0 Å². The minimum Gasteiger partial charge on any atom is -0.457 e. The van der Waals surface area contributed by atoms with Crippen molar-refractivity contribution in [2.45, 2.75) is 45.4 Å². The molecule has 23 heavy (non-hydrogen) atoms. The van der Waals surface area contributed by atoms with Crippen molar-refractivity contribution in [1.82, 2.24) is 4.57 Å². The van der Waals surface area contributed by atoms with Crippen LogP contribution in [0.3, 0.4) is 0 Å². The van der Waals surface area contributed by atoms with Crippen molar-refractivity contribution in [2.75, 3.05) is 0 Å². The van der Waals surface area contributed by atoms with Crippen molar-refractivity contribution in [3.05, 3.63) is 46.5 Å². The molecule has 0 atom stereocenters. The van der Waals surface area contributed by atoms with E-state index in [-0.39, 0.29) is 0 Å². The van der Waals surface area contributed by atoms with E-state index in [0.717, 1.165) is 26.7 Å². The molecule has 1 aromatic heterocycles. The van der Waals surface area contributed by atoms with Gasteiger partial charge in [-0.05, 0) is 31.5 Å². The molecule has 1 aromatic carbocycles. The largest absolute Gasteiger partial charge is 0.457 e. The molecule has 0 saturated heterocycles. The number of nitrogens with zero attached hydrogens (tertiary/aromatic N) is 2. The first-order chi connectivity index (χ1) is 10.7. The van der Waals surface area contributed by atoms with Gasteiger partial charge in [0, 0.05) is 35.4 Å². The van der Waals surface area contributed by atoms with Crippen LogP contribution in [-0.2, 0) is 21.4 Å². The molecule has 4 nitrogen and oxygen atoms in total. The van der Waals surface area contributed by atoms with Crippen LogP contribution in [0.5, 0.6) is 0 Å². The highest BCUT2D eigenvalue weighted by Gasteiger charge is 2.29. The summed E-state index contributed by atoms with van der Waals surface area (Å²) < 4.78 is 14.4. The van der Waals surface area contributed by atoms with Crippen molar-refractivity contribution < 1.29 is 9.47 Å². The summed E-state index contributed by atoms with van der Waals surface area (Å²) in [6.45, 7) is 8.20. The van der Waals surface area contributed by atoms with E-state index in [0.29, 0.717) is 6.54 Å². The van der Waals surface area contributed by atoms with Crippen LogP contribution >= 0.6 is 15.9 Å². The van der Waals surface area contributed by atoms with Gasteiger partial charge >= 0.3 is 0 Å². The molecule has 0 N–H and O–H groups in total. The normalized spacial score (nSPS) is 16.6. The number of fused-ring (bicyclic) bond motifs is 1. The molecule has 0 amide bonds. The first kappa shape index (κ1) is 15.9. The van der Waals surface area contributed by atoms with E-state index >= 15 is 0 Å². The van der Waals surface area contributed by atoms with Crippen LogP contribution in [0.25, 0.3) is 10.9 Å². The maximum atomic E-state index is 9.50. The first-order valence-corrected chi connectivity index (χ1v) is 8.27. The van der Waals surface area contributed by atoms with Crippen LogP contribution < -0.4 is 0 Å². The summed E-state index contributed by atoms with van der Waals surface area (Å²) in [7, 11) is 0. The Morgan fingerprint density at radius 2 is 2.09 bits per heavy atom. The Kier molecular flexibility index (Phi) is 3.68. The number of ether oxygens (including phenoxy) is 2. The molecule has 0 bridgehead atoms. The molecule has 120 valence electrons. The summed E-state index contributed by atoms with van der Waals surface area (Å²) in [6.07, 6.45) is 3.70. The van der Waals surface area contributed by atoms with Gasteiger partial charge in [0.15, 0.2) is 5.76 Å². The van der Waals surface area contributed by atoms with Crippen LogP contribution in [0.2, 0.25) is 0 Å². The van der Waals surface area contributed by atoms with Gasteiger partial charge in [-0.3, -0.25) is 0 Å². The van der Waals surface area contributed by atoms with Crippen molar-refractivity contribution >= 4 is 26.8 Å². The predicted octanol–water partition coefficient (Wildman–Crippen LogP) is 4.83. The number of hydrogen-bond acceptors (Lipinski definition) is 3. The second-order valence-corrected chi connectivity index (χ2v) is 7.69. The van der Waals surface area contributed by atoms with Gasteiger partial charge in [-0.25, -0.2) is 0 Å². The quantitative estimate of drug-likeness (QED) is 0.772. The lowest BCUT2D eigenvalue weighted by molar-refractivity contribution is -0.118. The molecule has 5 heteroatoms. The van der Waals surface area contributed by atoms with E-state index in [1.54, 1.807) is 6.26 Å². The summed E-state index contributed by atoms with van der Waals surface area (Å²) in [5.41, 5.74) is 1.52. The minimum atomic E-state index is -0.617. The third-order valence-corrected chi connectivity index (χ3v) is 4.47. The number of aromatic nitrogens is 1. The first-order valence-electron chi connectivity index (χ1n) is 7.48. The molecular formula is C18H19BrN2O2. The third kappa shape index (κ3) is 2.96. The van der Waals surface area contributed by atoms with Crippen LogP contribution in [-0.4, -0.2) is 10.4 Å². The summed E-state index contributed by atoms with van der Waals surface area (Å²) in [5, 5.41) is 10.6. The SMILES string of the molecule is CC1(C)OC=C(Cn2cc(C(C)(C)C#N)c3ccc(Br)cc32)O1. The molecule has 0 radical (unpaired) electrons. The Balaban J connectivity index is 2.07. The molecule has 2 aromatic rings. The summed E-state index contributed by atoms with van der Waals surface area (Å²) in [4.78, 5) is 0. The molecule has 2 heterocycles. The van der Waals surface area contributed by atoms with Crippen molar-refractivity contribution in [3.8, 4) is 6.07 Å². The molecule has 3 rings (SSSR count). The van der Waals surface area contributed by atoms with Gasteiger partial charge in [0.2, 0.25) is 5.79 Å². The van der Waals surface area contributed by atoms with E-state index in [1.807, 2.05) is 40.0 Å². The highest BCUT2D eigenvalue weighted by molar-refractivity contribution is 9.10. The third-order valence-electron chi connectivity index (χ3n) is 3.97. The van der Waals surface area contributed by atoms with Crippen LogP contribution in [0, 0.1) is 11.3 Å². The fourth-order valence-corrected chi connectivity index (χ4v) is 3.11. The second-order valence-electron chi connectivity index (χ2n) is 6.77. The van der Waals surface area contributed by atoms with Gasteiger partial charge in [-0.15, -0.1) is 0 Å². The highest BCUT2D eigenvalue weighted by Crippen LogP contribution is 2.34. The number of hydrogen-bond donors (Lipinski definition) is 0. The molecule has 0 unspecified atom stereocenters. The Bertz CT molecular complexity index is 841. The Labute approximate surface area is 144 Å². The molecule has 0 spiro atoms. The molecular weight excluding hydrogens is 356 g/mol. The lowest BCUT2D eigenvalue weighted by Gasteiger charge is -2.18. The summed E-state index contributed by atoms with van der Waals surface area (Å²) in [6, 6.07) is 8.50. The average molecular weight is 375 g/mol. The average Bonchev–Trinajstić information content (AvgIpc) is 3.00. The number of rotatable bonds is 3. The zero-order chi connectivity index (χ0) is 16.8. The zero-order valence-electron chi connectivity index (χ0n) is 13.7. The van der Waals surface area contributed by atoms with Crippen LogP contribution in [0.1, 0.15) is 33.3 Å². The van der Waals surface area contributed by atoms with E-state index in [9.17, 15) is 5.26 Å². The minimum absolute atomic E-state index is 0.558. The standard InChI is InChI=1S/C18H19BrN2O2/c1-17(2,11-20)15-9-21(8-13-10-22-18(3,4)23-13)16-7-12(19)5-6-14(15)16/h5-7,9-10H,8H2,1-4H3. The highest BCUT2D eigenvalue weighted by atomic mass is 79.9. The van der Waals surface area contributed by atoms with Crippen LogP contribution in [0.15, 0.2) is 40.9 Å². The number of allylic oxidation sites excluding steroid dienone is 1. The second kappa shape index (κ2) is 5.31. The number of halogens is 1. The lowest BCUT2D eigenvalue weighted by atomic mass is 9.86. The van der Waals surface area contributed by atoms with Crippen molar-refractivity contribution in [3.63, 3.8) is 0 Å². The number of nitriles is 1. The maximum absolute atomic E-state index is 9.50. The van der Waals surface area contributed by atoms with Gasteiger partial charge in [0.05, 0.1) is 18.0 Å². The monoisotopic (exact) mass is 374 g/mol. The topological polar surface area (TPSA) is 47.2 Å². The van der Waals surface area contributed by atoms with Gasteiger partial charge in [-0.1, -0.05) is 22.0 Å². The summed E-state index contributed by atoms with van der Waals surface area (Å²) in [5.74, 6) is 0.154. The number of benzene rings is 1. The van der Waals surface area contributed by atoms with Crippen LogP contribution in [0.4, 0.5) is 0 Å². The Morgan fingerprint density at radius 1 is 1.35 bits per heavy atom. The fourth-order valence-electron chi connectivity index (χ4n) is 2.76. The molecule has 0 fully saturated rings. The van der Waals surface area contributed by atoms with E-state index in [1.165, 1.54) is 0 Å². The van der Waals surface area contributed by atoms with E-state index < -0.39 is 11.2 Å². The van der Waals surface area contributed by atoms with Gasteiger partial charge < -0.3 is 14.0 Å². The van der Waals surface area contributed by atoms with E-state index in [4.69, 9.17) is 9.47 Å². The molecule has 1 aliphatic rings. The Morgan fingerprint density at radius 3 is 2.70 bits per heavy atom. The van der Waals surface area contributed by atoms with E-state index in [2.05, 4.69) is 38.7 Å². The zero-order valence-corrected chi connectivity index (χ0v) is 15.3. The fraction of sp³-hybridized carbons (Fsp3) is 0.389. The van der Waals surface area contributed by atoms with Gasteiger partial charge in [0.25, 0.3) is 0 Å². The molecule has 0 aliphatic carbocycles. The van der Waals surface area contributed by atoms with Gasteiger partial charge in [-0.2, -0.15) is 5.26 Å². The Hall–Kier alpha value is -1.93. The predicted molar refractivity (Wildman–Crippen MR) is 92.6 cm³/mol. The van der Waals surface area contributed by atoms with Gasteiger partial charge in [0.1, 0.15) is 6.26 Å².